The molecule has 2 heterocycles. The monoisotopic (exact) mass is 509 g/mol. The lowest BCUT2D eigenvalue weighted by Gasteiger charge is -2.45. The van der Waals surface area contributed by atoms with E-state index in [0.29, 0.717) is 16.7 Å². The third-order valence-electron chi connectivity index (χ3n) is 6.84. The molecule has 2 aromatic rings. The molecule has 7 nitrogen and oxygen atoms in total. The van der Waals surface area contributed by atoms with Gasteiger partial charge in [-0.25, -0.2) is 0 Å². The third kappa shape index (κ3) is 4.45. The van der Waals surface area contributed by atoms with Crippen LogP contribution in [0.2, 0.25) is 10.2 Å². The number of rotatable bonds is 5. The van der Waals surface area contributed by atoms with Crippen molar-refractivity contribution in [1.82, 2.24) is 14.5 Å². The van der Waals surface area contributed by atoms with E-state index in [9.17, 15) is 28.0 Å². The molecule has 14 heteroatoms. The van der Waals surface area contributed by atoms with E-state index in [1.54, 1.807) is 33.9 Å². The van der Waals surface area contributed by atoms with Crippen LogP contribution in [-0.4, -0.2) is 75.8 Å². The van der Waals surface area contributed by atoms with Crippen molar-refractivity contribution < 1.29 is 28.0 Å². The number of piperidine rings is 1. The molecule has 0 bridgehead atoms. The highest BCUT2D eigenvalue weighted by atomic mass is 35.5. The van der Waals surface area contributed by atoms with Crippen LogP contribution in [0.4, 0.5) is 8.78 Å². The molecule has 1 unspecified atom stereocenters. The van der Waals surface area contributed by atoms with Crippen LogP contribution in [0.15, 0.2) is 42.5 Å². The second-order valence-corrected chi connectivity index (χ2v) is 10.5. The Kier molecular flexibility index (Phi) is 6.58. The first-order valence-corrected chi connectivity index (χ1v) is 11.7. The molecule has 1 atom stereocenters. The van der Waals surface area contributed by atoms with Crippen molar-refractivity contribution in [1.29, 1.82) is 0 Å². The first kappa shape index (κ1) is 26.0. The summed E-state index contributed by atoms with van der Waals surface area (Å²) in [5, 5.41) is -0.463. The maximum absolute atomic E-state index is 14.8. The number of carbonyl (C=O) groups is 4. The van der Waals surface area contributed by atoms with Crippen molar-refractivity contribution in [3.05, 3.63) is 69.7 Å². The molecule has 0 radical (unpaired) electrons. The minimum absolute atomic E-state index is 0.103. The molecule has 2 aliphatic rings. The maximum atomic E-state index is 14.8. The molecule has 2 aromatic carbocycles. The summed E-state index contributed by atoms with van der Waals surface area (Å²) in [5.41, 5.74) is 1.14. The summed E-state index contributed by atoms with van der Waals surface area (Å²) in [4.78, 5) is 54.3. The highest BCUT2D eigenvalue weighted by molar-refractivity contribution is 6.45. The van der Waals surface area contributed by atoms with Gasteiger partial charge in [0.2, 0.25) is 27.8 Å². The van der Waals surface area contributed by atoms with Gasteiger partial charge in [0.25, 0.3) is 11.8 Å². The molecule has 36 heavy (non-hydrogen) atoms. The van der Waals surface area contributed by atoms with Crippen LogP contribution in [0.3, 0.4) is 0 Å². The second-order valence-electron chi connectivity index (χ2n) is 10.0. The number of imide groups is 1. The molecule has 2 aliphatic heterocycles. The minimum Gasteiger partial charge on any atom is -0.384 e. The summed E-state index contributed by atoms with van der Waals surface area (Å²) in [6, 6.07) is 8.88. The molecule has 4 amide bonds. The number of amides is 4. The van der Waals surface area contributed by atoms with Gasteiger partial charge in [0.15, 0.2) is 0 Å². The van der Waals surface area contributed by atoms with Crippen LogP contribution in [0, 0.1) is 0 Å². The molecule has 0 saturated carbocycles. The topological polar surface area (TPSA) is 78.0 Å². The molecule has 1 fully saturated rings. The predicted molar refractivity (Wildman–Crippen MR) is 139 cm³/mol. The number of carbonyl (C=O) groups excluding carboxylic acids is 4. The van der Waals surface area contributed by atoms with Gasteiger partial charge >= 0.3 is 5.92 Å². The Bertz CT molecular complexity index is 1280. The van der Waals surface area contributed by atoms with Crippen molar-refractivity contribution >= 4 is 66.9 Å². The molecule has 0 spiro atoms. The number of fused-ring (bicyclic) bond motifs is 1. The van der Waals surface area contributed by atoms with Crippen LogP contribution in [0.5, 0.6) is 0 Å². The number of hydrogen-bond donors (Lipinski definition) is 0. The molecule has 0 N–H and O–H groups in total. The number of benzene rings is 2. The van der Waals surface area contributed by atoms with Crippen molar-refractivity contribution in [3.63, 3.8) is 0 Å². The van der Waals surface area contributed by atoms with Gasteiger partial charge < -0.3 is 14.5 Å². The van der Waals surface area contributed by atoms with Gasteiger partial charge in [-0.2, -0.15) is 8.78 Å². The minimum atomic E-state index is -3.74. The SMILES string of the molecule is BN(Cc1ccc2c(c1)CN(C1C(=O)N(B)C(=O)CC1(B)B)C2=O)C(=O)C(F)(F)c1ccc(Cl)cc1. The number of hydrogen-bond acceptors (Lipinski definition) is 4. The standard InChI is InChI=1S/C22H22B4ClF2N3O4/c23-21(24)8-16(33)32(26)19(35)17(21)30-10-12-7-11(1-6-15(12)18(30)34)9-31(25)20(36)22(28,29)13-2-4-14(27)5-3-13/h1-7,17H,8-10,23-26H2. The normalized spacial score (nSPS) is 19.4. The average molecular weight is 509 g/mol. The van der Waals surface area contributed by atoms with Crippen LogP contribution < -0.4 is 0 Å². The number of halogens is 3. The van der Waals surface area contributed by atoms with E-state index < -0.39 is 34.6 Å². The predicted octanol–water partition coefficient (Wildman–Crippen LogP) is -0.977. The zero-order valence-electron chi connectivity index (χ0n) is 20.3. The number of alkyl halides is 2. The second kappa shape index (κ2) is 9.10. The summed E-state index contributed by atoms with van der Waals surface area (Å²) in [6.07, 6.45) is 0.125. The van der Waals surface area contributed by atoms with Crippen LogP contribution in [-0.2, 0) is 33.4 Å². The Morgan fingerprint density at radius 3 is 2.42 bits per heavy atom. The number of nitrogens with zero attached hydrogens (tertiary/aromatic N) is 3. The van der Waals surface area contributed by atoms with Crippen molar-refractivity contribution in [2.24, 2.45) is 0 Å². The Balaban J connectivity index is 1.52. The Morgan fingerprint density at radius 1 is 1.14 bits per heavy atom. The zero-order valence-corrected chi connectivity index (χ0v) is 21.1. The summed E-state index contributed by atoms with van der Waals surface area (Å²) in [7, 11) is 6.26. The molecule has 1 saturated heterocycles. The fourth-order valence-corrected chi connectivity index (χ4v) is 5.00. The highest BCUT2D eigenvalue weighted by Gasteiger charge is 2.50. The lowest BCUT2D eigenvalue weighted by Crippen LogP contribution is -2.60. The van der Waals surface area contributed by atoms with Crippen LogP contribution in [0.25, 0.3) is 0 Å². The van der Waals surface area contributed by atoms with E-state index in [4.69, 9.17) is 11.6 Å². The van der Waals surface area contributed by atoms with E-state index in [2.05, 4.69) is 0 Å². The van der Waals surface area contributed by atoms with Gasteiger partial charge in [-0.1, -0.05) is 35.9 Å². The van der Waals surface area contributed by atoms with E-state index in [1.807, 2.05) is 0 Å². The van der Waals surface area contributed by atoms with E-state index in [1.165, 1.54) is 33.0 Å². The largest absolute Gasteiger partial charge is 0.384 e. The summed E-state index contributed by atoms with van der Waals surface area (Å²) in [6.45, 7) is 0.0387. The highest BCUT2D eigenvalue weighted by Crippen LogP contribution is 2.40. The van der Waals surface area contributed by atoms with Crippen LogP contribution >= 0.6 is 11.6 Å². The Hall–Kier alpha value is -3.07. The quantitative estimate of drug-likeness (QED) is 0.384. The van der Waals surface area contributed by atoms with Gasteiger partial charge in [0.1, 0.15) is 21.7 Å². The first-order valence-electron chi connectivity index (χ1n) is 11.4. The van der Waals surface area contributed by atoms with Gasteiger partial charge in [-0.15, -0.1) is 0 Å². The van der Waals surface area contributed by atoms with Gasteiger partial charge in [-0.3, -0.25) is 19.2 Å². The lowest BCUT2D eigenvalue weighted by molar-refractivity contribution is -0.154. The molecule has 182 valence electrons. The van der Waals surface area contributed by atoms with Gasteiger partial charge in [-0.05, 0) is 34.5 Å². The van der Waals surface area contributed by atoms with Crippen molar-refractivity contribution in [2.75, 3.05) is 0 Å². The van der Waals surface area contributed by atoms with Gasteiger partial charge in [0, 0.05) is 35.7 Å². The Labute approximate surface area is 215 Å². The summed E-state index contributed by atoms with van der Waals surface area (Å²) in [5.74, 6) is -6.17. The fraction of sp³-hybridized carbons (Fsp3) is 0.273. The van der Waals surface area contributed by atoms with Crippen molar-refractivity contribution in [3.8, 4) is 0 Å². The van der Waals surface area contributed by atoms with Gasteiger partial charge in [0.05, 0.1) is 0 Å². The molecule has 0 aromatic heterocycles. The first-order chi connectivity index (χ1) is 16.7. The van der Waals surface area contributed by atoms with Crippen molar-refractivity contribution in [2.45, 2.75) is 36.7 Å². The maximum Gasteiger partial charge on any atom is 0.348 e. The smallest absolute Gasteiger partial charge is 0.348 e. The molecule has 4 rings (SSSR count). The zero-order chi connectivity index (χ0) is 26.6. The molecular weight excluding hydrogens is 487 g/mol. The molecular formula is C22H22B4ClF2N3O4. The van der Waals surface area contributed by atoms with E-state index in [-0.39, 0.29) is 36.3 Å². The summed E-state index contributed by atoms with van der Waals surface area (Å²) >= 11 is 5.76. The van der Waals surface area contributed by atoms with Crippen LogP contribution in [0.1, 0.15) is 33.5 Å². The third-order valence-corrected chi connectivity index (χ3v) is 7.09. The average Bonchev–Trinajstić information content (AvgIpc) is 3.12. The van der Waals surface area contributed by atoms with E-state index >= 15 is 0 Å². The summed E-state index contributed by atoms with van der Waals surface area (Å²) < 4.78 is 29.6. The molecule has 0 aliphatic carbocycles. The fourth-order valence-electron chi connectivity index (χ4n) is 4.87. The lowest BCUT2D eigenvalue weighted by atomic mass is 9.47. The Morgan fingerprint density at radius 2 is 1.78 bits per heavy atom. The van der Waals surface area contributed by atoms with E-state index in [0.717, 1.165) is 21.8 Å².